The molecule has 0 bridgehead atoms. The SMILES string of the molecule is C=CCN(C)CCCCCCOC1CCC(N(C)S(C)(=O)=O)CC1. The summed E-state index contributed by atoms with van der Waals surface area (Å²) in [5.74, 6) is 0. The van der Waals surface area contributed by atoms with Crippen LogP contribution in [0.15, 0.2) is 12.7 Å². The van der Waals surface area contributed by atoms with Gasteiger partial charge in [-0.2, -0.15) is 0 Å². The van der Waals surface area contributed by atoms with Gasteiger partial charge in [-0.15, -0.1) is 6.58 Å². The van der Waals surface area contributed by atoms with Gasteiger partial charge in [0.15, 0.2) is 0 Å². The van der Waals surface area contributed by atoms with Gasteiger partial charge in [0.25, 0.3) is 0 Å². The van der Waals surface area contributed by atoms with Gasteiger partial charge in [-0.3, -0.25) is 0 Å². The van der Waals surface area contributed by atoms with Gasteiger partial charge < -0.3 is 9.64 Å². The third-order valence-corrected chi connectivity index (χ3v) is 6.25. The Hall–Kier alpha value is -0.430. The van der Waals surface area contributed by atoms with Gasteiger partial charge in [0.1, 0.15) is 0 Å². The van der Waals surface area contributed by atoms with E-state index in [1.807, 2.05) is 6.08 Å². The van der Waals surface area contributed by atoms with E-state index >= 15 is 0 Å². The molecule has 0 aromatic carbocycles. The highest BCUT2D eigenvalue weighted by molar-refractivity contribution is 7.88. The molecule has 1 fully saturated rings. The highest BCUT2D eigenvalue weighted by atomic mass is 32.2. The molecule has 0 unspecified atom stereocenters. The van der Waals surface area contributed by atoms with Crippen LogP contribution in [0.2, 0.25) is 0 Å². The number of rotatable bonds is 12. The number of hydrogen-bond donors (Lipinski definition) is 0. The average molecular weight is 361 g/mol. The number of hydrogen-bond acceptors (Lipinski definition) is 4. The molecule has 1 aliphatic rings. The Morgan fingerprint density at radius 2 is 1.71 bits per heavy atom. The van der Waals surface area contributed by atoms with E-state index in [9.17, 15) is 8.42 Å². The normalized spacial score (nSPS) is 22.2. The van der Waals surface area contributed by atoms with Gasteiger partial charge in [-0.05, 0) is 52.1 Å². The maximum atomic E-state index is 11.6. The summed E-state index contributed by atoms with van der Waals surface area (Å²) in [5, 5.41) is 0. The van der Waals surface area contributed by atoms with Crippen LogP contribution in [0.3, 0.4) is 0 Å². The van der Waals surface area contributed by atoms with Crippen LogP contribution in [-0.4, -0.2) is 69.8 Å². The van der Waals surface area contributed by atoms with E-state index in [-0.39, 0.29) is 6.04 Å². The van der Waals surface area contributed by atoms with Crippen LogP contribution in [0, 0.1) is 0 Å². The van der Waals surface area contributed by atoms with Crippen LogP contribution in [0.5, 0.6) is 0 Å². The molecule has 6 heteroatoms. The second kappa shape index (κ2) is 11.2. The van der Waals surface area contributed by atoms with Crippen molar-refractivity contribution in [1.29, 1.82) is 0 Å². The van der Waals surface area contributed by atoms with E-state index in [1.54, 1.807) is 7.05 Å². The van der Waals surface area contributed by atoms with Crippen molar-refractivity contribution >= 4 is 10.0 Å². The molecule has 24 heavy (non-hydrogen) atoms. The molecule has 142 valence electrons. The fourth-order valence-corrected chi connectivity index (χ4v) is 4.00. The summed E-state index contributed by atoms with van der Waals surface area (Å²) < 4.78 is 30.6. The van der Waals surface area contributed by atoms with Crippen molar-refractivity contribution in [3.8, 4) is 0 Å². The van der Waals surface area contributed by atoms with Gasteiger partial charge in [-0.25, -0.2) is 12.7 Å². The van der Waals surface area contributed by atoms with Crippen molar-refractivity contribution in [2.45, 2.75) is 63.5 Å². The summed E-state index contributed by atoms with van der Waals surface area (Å²) in [6, 6.07) is 0.146. The lowest BCUT2D eigenvalue weighted by molar-refractivity contribution is 0.0157. The van der Waals surface area contributed by atoms with Crippen LogP contribution in [0.1, 0.15) is 51.4 Å². The third kappa shape index (κ3) is 8.60. The predicted octanol–water partition coefficient (Wildman–Crippen LogP) is 2.88. The molecule has 0 aliphatic heterocycles. The monoisotopic (exact) mass is 360 g/mol. The maximum absolute atomic E-state index is 11.6. The molecule has 0 aromatic heterocycles. The molecule has 0 heterocycles. The standard InChI is InChI=1S/C18H36N2O3S/c1-5-14-19(2)15-8-6-7-9-16-23-18-12-10-17(11-13-18)20(3)24(4,21)22/h5,17-18H,1,6-16H2,2-4H3. The molecule has 0 N–H and O–H groups in total. The van der Waals surface area contributed by atoms with Crippen molar-refractivity contribution in [3.05, 3.63) is 12.7 Å². The lowest BCUT2D eigenvalue weighted by Crippen LogP contribution is -2.40. The van der Waals surface area contributed by atoms with Crippen molar-refractivity contribution < 1.29 is 13.2 Å². The minimum absolute atomic E-state index is 0.146. The number of nitrogens with zero attached hydrogens (tertiary/aromatic N) is 2. The summed E-state index contributed by atoms with van der Waals surface area (Å²) in [6.07, 6.45) is 12.1. The summed E-state index contributed by atoms with van der Waals surface area (Å²) in [7, 11) is 0.739. The molecule has 5 nitrogen and oxygen atoms in total. The zero-order chi connectivity index (χ0) is 18.0. The molecular formula is C18H36N2O3S. The van der Waals surface area contributed by atoms with Crippen LogP contribution in [-0.2, 0) is 14.8 Å². The van der Waals surface area contributed by atoms with Gasteiger partial charge in [-0.1, -0.05) is 18.9 Å². The van der Waals surface area contributed by atoms with E-state index in [2.05, 4.69) is 18.5 Å². The van der Waals surface area contributed by atoms with E-state index in [4.69, 9.17) is 4.74 Å². The second-order valence-electron chi connectivity index (χ2n) is 7.05. The first-order valence-electron chi connectivity index (χ1n) is 9.18. The molecule has 1 aliphatic carbocycles. The fraction of sp³-hybridized carbons (Fsp3) is 0.889. The molecule has 0 saturated heterocycles. The zero-order valence-corrected chi connectivity index (χ0v) is 16.6. The summed E-state index contributed by atoms with van der Waals surface area (Å²) in [4.78, 5) is 2.29. The summed E-state index contributed by atoms with van der Waals surface area (Å²) >= 11 is 0. The van der Waals surface area contributed by atoms with Crippen LogP contribution in [0.4, 0.5) is 0 Å². The molecule has 0 aromatic rings. The summed E-state index contributed by atoms with van der Waals surface area (Å²) in [5.41, 5.74) is 0. The van der Waals surface area contributed by atoms with Gasteiger partial charge in [0.05, 0.1) is 12.4 Å². The molecule has 1 saturated carbocycles. The van der Waals surface area contributed by atoms with Gasteiger partial charge >= 0.3 is 0 Å². The van der Waals surface area contributed by atoms with Crippen molar-refractivity contribution in [2.75, 3.05) is 40.0 Å². The minimum atomic E-state index is -3.08. The quantitative estimate of drug-likeness (QED) is 0.397. The summed E-state index contributed by atoms with van der Waals surface area (Å²) in [6.45, 7) is 6.67. The lowest BCUT2D eigenvalue weighted by Gasteiger charge is -2.33. The van der Waals surface area contributed by atoms with Crippen LogP contribution >= 0.6 is 0 Å². The Bertz CT molecular complexity index is 445. The molecular weight excluding hydrogens is 324 g/mol. The second-order valence-corrected chi connectivity index (χ2v) is 9.09. The first kappa shape index (κ1) is 21.6. The Morgan fingerprint density at radius 1 is 1.08 bits per heavy atom. The maximum Gasteiger partial charge on any atom is 0.211 e. The van der Waals surface area contributed by atoms with Gasteiger partial charge in [0, 0.05) is 26.2 Å². The van der Waals surface area contributed by atoms with Crippen molar-refractivity contribution in [2.24, 2.45) is 0 Å². The van der Waals surface area contributed by atoms with E-state index < -0.39 is 10.0 Å². The Balaban J connectivity index is 2.03. The number of unbranched alkanes of at least 4 members (excludes halogenated alkanes) is 3. The number of sulfonamides is 1. The Kier molecular flexibility index (Phi) is 10.1. The minimum Gasteiger partial charge on any atom is -0.378 e. The molecule has 0 spiro atoms. The molecule has 1 rings (SSSR count). The molecule has 0 amide bonds. The molecule has 0 radical (unpaired) electrons. The Labute approximate surface area is 149 Å². The number of likely N-dealkylation sites (N-methyl/N-ethyl adjacent to an activating group) is 1. The van der Waals surface area contributed by atoms with E-state index in [0.29, 0.717) is 6.10 Å². The lowest BCUT2D eigenvalue weighted by atomic mass is 9.93. The van der Waals surface area contributed by atoms with Crippen LogP contribution in [0.25, 0.3) is 0 Å². The Morgan fingerprint density at radius 3 is 2.29 bits per heavy atom. The fourth-order valence-electron chi connectivity index (χ4n) is 3.25. The van der Waals surface area contributed by atoms with Gasteiger partial charge in [0.2, 0.25) is 10.0 Å². The number of ether oxygens (including phenoxy) is 1. The van der Waals surface area contributed by atoms with E-state index in [0.717, 1.165) is 51.8 Å². The highest BCUT2D eigenvalue weighted by Crippen LogP contribution is 2.25. The largest absolute Gasteiger partial charge is 0.378 e. The predicted molar refractivity (Wildman–Crippen MR) is 101 cm³/mol. The highest BCUT2D eigenvalue weighted by Gasteiger charge is 2.28. The van der Waals surface area contributed by atoms with E-state index in [1.165, 1.54) is 29.8 Å². The smallest absolute Gasteiger partial charge is 0.211 e. The van der Waals surface area contributed by atoms with Crippen molar-refractivity contribution in [1.82, 2.24) is 9.21 Å². The average Bonchev–Trinajstić information content (AvgIpc) is 2.53. The first-order chi connectivity index (χ1) is 11.3. The van der Waals surface area contributed by atoms with Crippen molar-refractivity contribution in [3.63, 3.8) is 0 Å². The third-order valence-electron chi connectivity index (χ3n) is 4.91. The first-order valence-corrected chi connectivity index (χ1v) is 11.0. The topological polar surface area (TPSA) is 49.9 Å². The van der Waals surface area contributed by atoms with Crippen LogP contribution < -0.4 is 0 Å². The zero-order valence-electron chi connectivity index (χ0n) is 15.7. The molecule has 0 atom stereocenters.